The van der Waals surface area contributed by atoms with Gasteiger partial charge in [0.2, 0.25) is 0 Å². The van der Waals surface area contributed by atoms with E-state index in [2.05, 4.69) is 0 Å². The molecule has 0 radical (unpaired) electrons. The molecule has 2 rings (SSSR count). The summed E-state index contributed by atoms with van der Waals surface area (Å²) in [5.74, 6) is -0.908. The summed E-state index contributed by atoms with van der Waals surface area (Å²) in [6.45, 7) is 3.28. The molecule has 0 aliphatic carbocycles. The third kappa shape index (κ3) is 3.20. The topological polar surface area (TPSA) is 71.4 Å². The van der Waals surface area contributed by atoms with Crippen molar-refractivity contribution in [3.63, 3.8) is 0 Å². The number of rotatable bonds is 4. The molecule has 0 amide bonds. The maximum absolute atomic E-state index is 11.7. The molecule has 4 nitrogen and oxygen atoms in total. The number of hydrogen-bond acceptors (Lipinski definition) is 3. The summed E-state index contributed by atoms with van der Waals surface area (Å²) in [6.07, 6.45) is 1.16. The third-order valence-corrected chi connectivity index (χ3v) is 4.82. The Hall–Kier alpha value is -2.14. The second-order valence-corrected chi connectivity index (χ2v) is 7.83. The van der Waals surface area contributed by atoms with Gasteiger partial charge in [-0.2, -0.15) is 0 Å². The van der Waals surface area contributed by atoms with Crippen molar-refractivity contribution in [3.05, 3.63) is 54.1 Å². The maximum Gasteiger partial charge on any atom is 0.313 e. The van der Waals surface area contributed by atoms with Gasteiger partial charge in [-0.1, -0.05) is 36.4 Å². The number of sulfone groups is 1. The molecule has 5 heteroatoms. The van der Waals surface area contributed by atoms with E-state index in [0.29, 0.717) is 5.56 Å². The normalized spacial score (nSPS) is 12.1. The van der Waals surface area contributed by atoms with Gasteiger partial charge in [-0.05, 0) is 42.7 Å². The Morgan fingerprint density at radius 1 is 1.00 bits per heavy atom. The van der Waals surface area contributed by atoms with Crippen LogP contribution < -0.4 is 0 Å². The number of hydrogen-bond donors (Lipinski definition) is 1. The quantitative estimate of drug-likeness (QED) is 0.940. The van der Waals surface area contributed by atoms with Crippen LogP contribution in [-0.2, 0) is 20.0 Å². The first kappa shape index (κ1) is 16.2. The van der Waals surface area contributed by atoms with Crippen molar-refractivity contribution in [2.45, 2.75) is 24.2 Å². The van der Waals surface area contributed by atoms with Crippen LogP contribution in [-0.4, -0.2) is 25.7 Å². The first-order chi connectivity index (χ1) is 10.1. The highest BCUT2D eigenvalue weighted by molar-refractivity contribution is 7.90. The molecule has 0 aliphatic rings. The lowest BCUT2D eigenvalue weighted by molar-refractivity contribution is -0.142. The van der Waals surface area contributed by atoms with Crippen LogP contribution in [0.25, 0.3) is 11.1 Å². The second kappa shape index (κ2) is 5.57. The van der Waals surface area contributed by atoms with E-state index in [1.807, 2.05) is 12.1 Å². The van der Waals surface area contributed by atoms with Crippen molar-refractivity contribution < 1.29 is 18.3 Å². The van der Waals surface area contributed by atoms with Crippen molar-refractivity contribution >= 4 is 15.8 Å². The van der Waals surface area contributed by atoms with E-state index < -0.39 is 21.2 Å². The van der Waals surface area contributed by atoms with Gasteiger partial charge in [-0.25, -0.2) is 8.42 Å². The number of carboxylic acid groups (broad SMARTS) is 1. The standard InChI is InChI=1S/C17H18O4S/c1-17(2,16(18)19)14-8-4-6-12(10-14)13-7-5-9-15(11-13)22(3,20)21/h4-11H,1-3H3,(H,18,19). The largest absolute Gasteiger partial charge is 0.481 e. The fraction of sp³-hybridized carbons (Fsp3) is 0.235. The van der Waals surface area contributed by atoms with Crippen LogP contribution in [0.15, 0.2) is 53.4 Å². The van der Waals surface area contributed by atoms with Crippen molar-refractivity contribution in [2.75, 3.05) is 6.26 Å². The van der Waals surface area contributed by atoms with E-state index in [-0.39, 0.29) is 4.90 Å². The number of benzene rings is 2. The fourth-order valence-electron chi connectivity index (χ4n) is 2.12. The highest BCUT2D eigenvalue weighted by Crippen LogP contribution is 2.29. The first-order valence-electron chi connectivity index (χ1n) is 6.77. The van der Waals surface area contributed by atoms with Gasteiger partial charge >= 0.3 is 5.97 Å². The van der Waals surface area contributed by atoms with Crippen LogP contribution in [0, 0.1) is 0 Å². The van der Waals surface area contributed by atoms with Gasteiger partial charge in [0.1, 0.15) is 0 Å². The summed E-state index contributed by atoms with van der Waals surface area (Å²) < 4.78 is 23.3. The molecule has 0 spiro atoms. The van der Waals surface area contributed by atoms with Crippen molar-refractivity contribution in [3.8, 4) is 11.1 Å². The molecule has 2 aromatic carbocycles. The molecule has 0 aromatic heterocycles. The first-order valence-corrected chi connectivity index (χ1v) is 8.66. The molecule has 0 atom stereocenters. The molecule has 0 unspecified atom stereocenters. The smallest absolute Gasteiger partial charge is 0.313 e. The Kier molecular flexibility index (Phi) is 4.11. The molecule has 0 heterocycles. The average Bonchev–Trinajstić information content (AvgIpc) is 2.46. The van der Waals surface area contributed by atoms with Gasteiger partial charge < -0.3 is 5.11 Å². The fourth-order valence-corrected chi connectivity index (χ4v) is 2.78. The van der Waals surface area contributed by atoms with Crippen LogP contribution in [0.1, 0.15) is 19.4 Å². The molecule has 22 heavy (non-hydrogen) atoms. The molecule has 116 valence electrons. The molecule has 0 saturated carbocycles. The van der Waals surface area contributed by atoms with E-state index >= 15 is 0 Å². The monoisotopic (exact) mass is 318 g/mol. The van der Waals surface area contributed by atoms with E-state index in [0.717, 1.165) is 17.4 Å². The second-order valence-electron chi connectivity index (χ2n) is 5.81. The zero-order valence-electron chi connectivity index (χ0n) is 12.7. The Morgan fingerprint density at radius 3 is 2.09 bits per heavy atom. The van der Waals surface area contributed by atoms with Crippen LogP contribution in [0.3, 0.4) is 0 Å². The van der Waals surface area contributed by atoms with E-state index in [1.54, 1.807) is 50.2 Å². The average molecular weight is 318 g/mol. The maximum atomic E-state index is 11.7. The van der Waals surface area contributed by atoms with Crippen LogP contribution in [0.2, 0.25) is 0 Å². The number of carboxylic acids is 1. The van der Waals surface area contributed by atoms with Gasteiger partial charge in [0.05, 0.1) is 10.3 Å². The molecule has 0 saturated heterocycles. The lowest BCUT2D eigenvalue weighted by Gasteiger charge is -2.20. The minimum absolute atomic E-state index is 0.243. The molecular weight excluding hydrogens is 300 g/mol. The van der Waals surface area contributed by atoms with E-state index in [4.69, 9.17) is 0 Å². The molecular formula is C17H18O4S. The third-order valence-electron chi connectivity index (χ3n) is 3.71. The van der Waals surface area contributed by atoms with Crippen molar-refractivity contribution in [2.24, 2.45) is 0 Å². The SMILES string of the molecule is CC(C)(C(=O)O)c1cccc(-c2cccc(S(C)(=O)=O)c2)c1. The predicted molar refractivity (Wildman–Crippen MR) is 85.6 cm³/mol. The van der Waals surface area contributed by atoms with Crippen molar-refractivity contribution in [1.82, 2.24) is 0 Å². The summed E-state index contributed by atoms with van der Waals surface area (Å²) in [5, 5.41) is 9.33. The molecule has 1 N–H and O–H groups in total. The van der Waals surface area contributed by atoms with Crippen LogP contribution in [0.5, 0.6) is 0 Å². The molecule has 0 fully saturated rings. The van der Waals surface area contributed by atoms with Crippen LogP contribution in [0.4, 0.5) is 0 Å². The van der Waals surface area contributed by atoms with Gasteiger partial charge in [0.15, 0.2) is 9.84 Å². The zero-order valence-corrected chi connectivity index (χ0v) is 13.5. The predicted octanol–water partition coefficient (Wildman–Crippen LogP) is 3.12. The summed E-state index contributed by atoms with van der Waals surface area (Å²) in [7, 11) is -3.28. The Bertz CT molecular complexity index is 820. The van der Waals surface area contributed by atoms with Gasteiger partial charge in [-0.15, -0.1) is 0 Å². The highest BCUT2D eigenvalue weighted by Gasteiger charge is 2.29. The minimum atomic E-state index is -3.28. The Balaban J connectivity index is 2.54. The summed E-state index contributed by atoms with van der Waals surface area (Å²) >= 11 is 0. The number of aliphatic carboxylic acids is 1. The highest BCUT2D eigenvalue weighted by atomic mass is 32.2. The Morgan fingerprint density at radius 2 is 1.55 bits per heavy atom. The van der Waals surface area contributed by atoms with Crippen LogP contribution >= 0.6 is 0 Å². The van der Waals surface area contributed by atoms with E-state index in [1.165, 1.54) is 0 Å². The van der Waals surface area contributed by atoms with Gasteiger partial charge in [0, 0.05) is 6.26 Å². The van der Waals surface area contributed by atoms with Crippen molar-refractivity contribution in [1.29, 1.82) is 0 Å². The summed E-state index contributed by atoms with van der Waals surface area (Å²) in [6, 6.07) is 13.8. The molecule has 0 bridgehead atoms. The lowest BCUT2D eigenvalue weighted by atomic mass is 9.83. The Labute approximate surface area is 130 Å². The molecule has 0 aliphatic heterocycles. The summed E-state index contributed by atoms with van der Waals surface area (Å²) in [5.41, 5.74) is 1.19. The van der Waals surface area contributed by atoms with E-state index in [9.17, 15) is 18.3 Å². The lowest BCUT2D eigenvalue weighted by Crippen LogP contribution is -2.28. The zero-order chi connectivity index (χ0) is 16.5. The number of carbonyl (C=O) groups is 1. The van der Waals surface area contributed by atoms with Gasteiger partial charge in [0.25, 0.3) is 0 Å². The summed E-state index contributed by atoms with van der Waals surface area (Å²) in [4.78, 5) is 11.6. The molecule has 2 aromatic rings. The van der Waals surface area contributed by atoms with Gasteiger partial charge in [-0.3, -0.25) is 4.79 Å². The minimum Gasteiger partial charge on any atom is -0.481 e.